The first-order valence-electron chi connectivity index (χ1n) is 5.16. The Hall–Kier alpha value is -0.330. The summed E-state index contributed by atoms with van der Waals surface area (Å²) in [7, 11) is 0. The van der Waals surface area contributed by atoms with Gasteiger partial charge in [-0.3, -0.25) is 0 Å². The zero-order valence-electron chi connectivity index (χ0n) is 9.50. The van der Waals surface area contributed by atoms with Crippen LogP contribution in [0, 0.1) is 10.5 Å². The van der Waals surface area contributed by atoms with Gasteiger partial charge in [-0.25, -0.2) is 4.98 Å². The summed E-state index contributed by atoms with van der Waals surface area (Å²) in [5.41, 5.74) is 8.03. The van der Waals surface area contributed by atoms with E-state index in [1.54, 1.807) is 11.3 Å². The molecule has 0 spiro atoms. The number of nitrogens with zero attached hydrogens (tertiary/aromatic N) is 1. The number of halogens is 2. The Kier molecular flexibility index (Phi) is 3.95. The number of nitrogens with two attached hydrogens (primary N) is 1. The molecule has 0 radical (unpaired) electrons. The lowest BCUT2D eigenvalue weighted by Gasteiger charge is -2.13. The van der Waals surface area contributed by atoms with Crippen LogP contribution >= 0.6 is 45.5 Å². The van der Waals surface area contributed by atoms with E-state index in [-0.39, 0.29) is 0 Å². The molecule has 1 heterocycles. The van der Waals surface area contributed by atoms with Crippen molar-refractivity contribution >= 4 is 50.7 Å². The van der Waals surface area contributed by atoms with E-state index in [1.165, 1.54) is 14.0 Å². The second kappa shape index (κ2) is 5.12. The van der Waals surface area contributed by atoms with Crippen LogP contribution < -0.4 is 5.73 Å². The summed E-state index contributed by atoms with van der Waals surface area (Å²) in [5, 5.41) is 1.40. The summed E-state index contributed by atoms with van der Waals surface area (Å²) in [4.78, 5) is 5.50. The molecule has 0 amide bonds. The van der Waals surface area contributed by atoms with E-state index in [9.17, 15) is 0 Å². The molecule has 0 aliphatic rings. The Labute approximate surface area is 123 Å². The molecule has 1 aromatic heterocycles. The topological polar surface area (TPSA) is 38.9 Å². The van der Waals surface area contributed by atoms with Gasteiger partial charge in [-0.2, -0.15) is 0 Å². The Morgan fingerprint density at radius 2 is 2.18 bits per heavy atom. The van der Waals surface area contributed by atoms with E-state index in [0.29, 0.717) is 11.0 Å². The van der Waals surface area contributed by atoms with Gasteiger partial charge in [0.2, 0.25) is 0 Å². The number of thiazole rings is 1. The lowest BCUT2D eigenvalue weighted by atomic mass is 9.99. The molecule has 5 heteroatoms. The van der Waals surface area contributed by atoms with Gasteiger partial charge >= 0.3 is 0 Å². The third-order valence-electron chi connectivity index (χ3n) is 2.67. The Balaban J connectivity index is 2.43. The maximum atomic E-state index is 5.97. The fourth-order valence-electron chi connectivity index (χ4n) is 1.83. The average molecular weight is 379 g/mol. The molecule has 1 unspecified atom stereocenters. The summed E-state index contributed by atoms with van der Waals surface area (Å²) in [5.74, 6) is 0.300. The first-order valence-corrected chi connectivity index (χ1v) is 7.44. The van der Waals surface area contributed by atoms with Gasteiger partial charge in [-0.15, -0.1) is 11.3 Å². The van der Waals surface area contributed by atoms with Gasteiger partial charge in [0.1, 0.15) is 0 Å². The third-order valence-corrected chi connectivity index (χ3v) is 5.01. The van der Waals surface area contributed by atoms with Gasteiger partial charge in [0, 0.05) is 19.4 Å². The number of rotatable bonds is 2. The molecule has 1 aromatic carbocycles. The lowest BCUT2D eigenvalue weighted by Crippen LogP contribution is -1.98. The number of benzene rings is 1. The molecule has 0 bridgehead atoms. The highest BCUT2D eigenvalue weighted by molar-refractivity contribution is 14.1. The first kappa shape index (κ1) is 13.1. The first-order chi connectivity index (χ1) is 7.99. The maximum Gasteiger partial charge on any atom is 0.180 e. The van der Waals surface area contributed by atoms with Crippen LogP contribution in [0.2, 0.25) is 5.02 Å². The normalized spacial score (nSPS) is 12.7. The molecule has 0 fully saturated rings. The second-order valence-corrected chi connectivity index (χ2v) is 6.55. The van der Waals surface area contributed by atoms with Crippen LogP contribution in [-0.4, -0.2) is 4.98 Å². The molecular weight excluding hydrogens is 367 g/mol. The number of nitrogen functional groups attached to an aromatic ring is 1. The number of hydrogen-bond acceptors (Lipinski definition) is 3. The van der Waals surface area contributed by atoms with Crippen molar-refractivity contribution in [2.45, 2.75) is 19.8 Å². The zero-order chi connectivity index (χ0) is 12.6. The predicted molar refractivity (Wildman–Crippen MR) is 82.9 cm³/mol. The Bertz CT molecular complexity index is 553. The SMILES string of the molecule is Cc1nc(N)sc1C(C)c1ccc(Cl)cc1I. The average Bonchev–Trinajstić information content (AvgIpc) is 2.57. The minimum absolute atomic E-state index is 0.300. The van der Waals surface area contributed by atoms with Gasteiger partial charge in [0.15, 0.2) is 5.13 Å². The van der Waals surface area contributed by atoms with Gasteiger partial charge in [-0.05, 0) is 47.2 Å². The lowest BCUT2D eigenvalue weighted by molar-refractivity contribution is 0.920. The second-order valence-electron chi connectivity index (χ2n) is 3.89. The summed E-state index contributed by atoms with van der Waals surface area (Å²) < 4.78 is 1.17. The highest BCUT2D eigenvalue weighted by Crippen LogP contribution is 2.35. The molecule has 2 rings (SSSR count). The molecule has 0 aliphatic carbocycles. The van der Waals surface area contributed by atoms with E-state index in [4.69, 9.17) is 17.3 Å². The molecule has 90 valence electrons. The van der Waals surface area contributed by atoms with Crippen molar-refractivity contribution in [3.05, 3.63) is 42.9 Å². The molecule has 0 saturated heterocycles. The van der Waals surface area contributed by atoms with Crippen LogP contribution in [0.15, 0.2) is 18.2 Å². The van der Waals surface area contributed by atoms with E-state index < -0.39 is 0 Å². The summed E-state index contributed by atoms with van der Waals surface area (Å²) >= 11 is 9.84. The van der Waals surface area contributed by atoms with E-state index in [0.717, 1.165) is 10.7 Å². The van der Waals surface area contributed by atoms with Crippen LogP contribution in [0.4, 0.5) is 5.13 Å². The number of anilines is 1. The van der Waals surface area contributed by atoms with Crippen LogP contribution in [0.1, 0.15) is 29.0 Å². The van der Waals surface area contributed by atoms with Crippen LogP contribution in [-0.2, 0) is 0 Å². The minimum Gasteiger partial charge on any atom is -0.375 e. The standard InChI is InChI=1S/C12H12ClIN2S/c1-6(11-7(2)16-12(15)17-11)9-4-3-8(13)5-10(9)14/h3-6H,1-2H3,(H2,15,16). The molecule has 1 atom stereocenters. The van der Waals surface area contributed by atoms with Crippen molar-refractivity contribution in [1.82, 2.24) is 4.98 Å². The molecule has 17 heavy (non-hydrogen) atoms. The van der Waals surface area contributed by atoms with Crippen molar-refractivity contribution in [1.29, 1.82) is 0 Å². The quantitative estimate of drug-likeness (QED) is 0.785. The van der Waals surface area contributed by atoms with E-state index in [1.807, 2.05) is 19.1 Å². The van der Waals surface area contributed by atoms with Crippen LogP contribution in [0.5, 0.6) is 0 Å². The summed E-state index contributed by atoms with van der Waals surface area (Å²) in [6, 6.07) is 5.98. The van der Waals surface area contributed by atoms with Gasteiger partial charge in [0.05, 0.1) is 5.69 Å². The third kappa shape index (κ3) is 2.74. The number of aromatic nitrogens is 1. The van der Waals surface area contributed by atoms with Crippen LogP contribution in [0.25, 0.3) is 0 Å². The van der Waals surface area contributed by atoms with Crippen molar-refractivity contribution in [2.75, 3.05) is 5.73 Å². The van der Waals surface area contributed by atoms with Crippen LogP contribution in [0.3, 0.4) is 0 Å². The van der Waals surface area contributed by atoms with Crippen molar-refractivity contribution < 1.29 is 0 Å². The van der Waals surface area contributed by atoms with Gasteiger partial charge < -0.3 is 5.73 Å². The molecular formula is C12H12ClIN2S. The van der Waals surface area contributed by atoms with Crippen molar-refractivity contribution in [2.24, 2.45) is 0 Å². The molecule has 0 aliphatic heterocycles. The van der Waals surface area contributed by atoms with E-state index >= 15 is 0 Å². The summed E-state index contributed by atoms with van der Waals surface area (Å²) in [6.45, 7) is 4.17. The number of aryl methyl sites for hydroxylation is 1. The zero-order valence-corrected chi connectivity index (χ0v) is 13.2. The van der Waals surface area contributed by atoms with Gasteiger partial charge in [0.25, 0.3) is 0 Å². The predicted octanol–water partition coefficient (Wildman–Crippen LogP) is 4.44. The van der Waals surface area contributed by atoms with E-state index in [2.05, 4.69) is 40.6 Å². The fourth-order valence-corrected chi connectivity index (χ4v) is 4.07. The minimum atomic E-state index is 0.300. The monoisotopic (exact) mass is 378 g/mol. The molecule has 2 nitrogen and oxygen atoms in total. The number of hydrogen-bond donors (Lipinski definition) is 1. The molecule has 0 saturated carbocycles. The van der Waals surface area contributed by atoms with Crippen molar-refractivity contribution in [3.8, 4) is 0 Å². The Morgan fingerprint density at radius 3 is 2.71 bits per heavy atom. The largest absolute Gasteiger partial charge is 0.375 e. The highest BCUT2D eigenvalue weighted by Gasteiger charge is 2.17. The van der Waals surface area contributed by atoms with Crippen molar-refractivity contribution in [3.63, 3.8) is 0 Å². The highest BCUT2D eigenvalue weighted by atomic mass is 127. The maximum absolute atomic E-state index is 5.97. The molecule has 2 N–H and O–H groups in total. The Morgan fingerprint density at radius 1 is 1.47 bits per heavy atom. The fraction of sp³-hybridized carbons (Fsp3) is 0.250. The molecule has 2 aromatic rings. The van der Waals surface area contributed by atoms with Gasteiger partial charge in [-0.1, -0.05) is 24.6 Å². The smallest absolute Gasteiger partial charge is 0.180 e. The summed E-state index contributed by atoms with van der Waals surface area (Å²) in [6.07, 6.45) is 0.